The quantitative estimate of drug-likeness (QED) is 0.0841. The van der Waals surface area contributed by atoms with Crippen LogP contribution in [0.5, 0.6) is 0 Å². The Bertz CT molecular complexity index is 1130. The van der Waals surface area contributed by atoms with Gasteiger partial charge in [0, 0.05) is 12.6 Å². The van der Waals surface area contributed by atoms with E-state index in [9.17, 15) is 44.2 Å². The molecule has 4 aliphatic rings. The molecule has 22 heteroatoms. The van der Waals surface area contributed by atoms with Crippen LogP contribution in [0.3, 0.4) is 0 Å². The van der Waals surface area contributed by atoms with Crippen LogP contribution >= 0.6 is 0 Å². The third kappa shape index (κ3) is 8.64. The molecule has 3 aliphatic heterocycles. The molecule has 0 spiro atoms. The van der Waals surface area contributed by atoms with E-state index in [4.69, 9.17) is 62.8 Å². The van der Waals surface area contributed by atoms with Gasteiger partial charge in [-0.2, -0.15) is 0 Å². The summed E-state index contributed by atoms with van der Waals surface area (Å²) in [5.41, 5.74) is 34.9. The predicted molar refractivity (Wildman–Crippen MR) is 159 cm³/mol. The van der Waals surface area contributed by atoms with Crippen molar-refractivity contribution in [2.45, 2.75) is 123 Å². The van der Waals surface area contributed by atoms with E-state index in [1.54, 1.807) is 6.08 Å². The van der Waals surface area contributed by atoms with Crippen molar-refractivity contribution in [3.05, 3.63) is 11.8 Å². The first-order valence-electron chi connectivity index (χ1n) is 15.8. The molecule has 49 heavy (non-hydrogen) atoms. The lowest BCUT2D eigenvalue weighted by Crippen LogP contribution is -2.67. The second-order valence-electron chi connectivity index (χ2n) is 12.5. The van der Waals surface area contributed by atoms with Crippen LogP contribution in [-0.4, -0.2) is 173 Å². The molecule has 17 atom stereocenters. The number of aliphatic hydroxyl groups excluding tert-OH is 6. The number of alkyl halides is 2. The highest BCUT2D eigenvalue weighted by Crippen LogP contribution is 2.34. The van der Waals surface area contributed by atoms with E-state index >= 15 is 0 Å². The van der Waals surface area contributed by atoms with Crippen LogP contribution in [0.15, 0.2) is 11.8 Å². The second kappa shape index (κ2) is 16.7. The van der Waals surface area contributed by atoms with Gasteiger partial charge in [0.2, 0.25) is 6.29 Å². The maximum absolute atomic E-state index is 14.0. The van der Waals surface area contributed by atoms with Crippen molar-refractivity contribution >= 4 is 5.91 Å². The topological polar surface area (TPSA) is 362 Å². The number of amides is 1. The van der Waals surface area contributed by atoms with E-state index in [0.29, 0.717) is 12.2 Å². The van der Waals surface area contributed by atoms with Gasteiger partial charge in [-0.15, -0.1) is 0 Å². The van der Waals surface area contributed by atoms with Crippen LogP contribution in [0, 0.1) is 0 Å². The number of hydrogen-bond donors (Lipinski definition) is 13. The number of nitrogens with one attached hydrogen (secondary N) is 1. The Hall–Kier alpha value is -1.81. The molecule has 3 fully saturated rings. The number of rotatable bonds is 13. The van der Waals surface area contributed by atoms with Crippen LogP contribution in [0.25, 0.3) is 0 Å². The van der Waals surface area contributed by atoms with Crippen molar-refractivity contribution in [2.24, 2.45) is 34.4 Å². The summed E-state index contributed by atoms with van der Waals surface area (Å²) in [5.74, 6) is -5.19. The molecule has 1 aliphatic carbocycles. The number of carbonyl (C=O) groups is 1. The third-order valence-corrected chi connectivity index (χ3v) is 9.03. The summed E-state index contributed by atoms with van der Waals surface area (Å²) in [7, 11) is 0. The average molecular weight is 718 g/mol. The Morgan fingerprint density at radius 2 is 1.53 bits per heavy atom. The molecule has 2 saturated heterocycles. The lowest BCUT2D eigenvalue weighted by atomic mass is 9.83. The van der Waals surface area contributed by atoms with Crippen LogP contribution < -0.4 is 39.7 Å². The largest absolute Gasteiger partial charge is 0.467 e. The summed E-state index contributed by atoms with van der Waals surface area (Å²) < 4.78 is 62.8. The Balaban J connectivity index is 1.57. The molecule has 0 aromatic rings. The Kier molecular flexibility index (Phi) is 13.6. The molecule has 1 amide bonds. The normalized spacial score (nSPS) is 43.8. The van der Waals surface area contributed by atoms with Gasteiger partial charge in [0.15, 0.2) is 18.7 Å². The van der Waals surface area contributed by atoms with E-state index in [1.165, 1.54) is 0 Å². The lowest BCUT2D eigenvalue weighted by Gasteiger charge is -2.46. The fraction of sp³-hybridized carbons (Fsp3) is 0.889. The molecule has 284 valence electrons. The second-order valence-corrected chi connectivity index (χ2v) is 12.5. The maximum atomic E-state index is 14.0. The summed E-state index contributed by atoms with van der Waals surface area (Å²) in [6, 6.07) is -4.59. The molecular weight excluding hydrogens is 668 g/mol. The molecule has 0 radical (unpaired) electrons. The van der Waals surface area contributed by atoms with E-state index in [1.807, 2.05) is 0 Å². The van der Waals surface area contributed by atoms with Crippen LogP contribution in [0.1, 0.15) is 12.8 Å². The van der Waals surface area contributed by atoms with E-state index in [0.717, 1.165) is 0 Å². The van der Waals surface area contributed by atoms with Crippen molar-refractivity contribution in [1.29, 1.82) is 0 Å². The van der Waals surface area contributed by atoms with Gasteiger partial charge in [0.1, 0.15) is 60.7 Å². The van der Waals surface area contributed by atoms with Gasteiger partial charge in [-0.05, 0) is 18.9 Å². The first-order chi connectivity index (χ1) is 23.1. The molecule has 0 unspecified atom stereocenters. The molecule has 19 N–H and O–H groups in total. The highest BCUT2D eigenvalue weighted by molar-refractivity contribution is 5.82. The van der Waals surface area contributed by atoms with Crippen LogP contribution in [0.4, 0.5) is 8.78 Å². The fourth-order valence-corrected chi connectivity index (χ4v) is 6.07. The predicted octanol–water partition coefficient (Wildman–Crippen LogP) is -7.60. The van der Waals surface area contributed by atoms with Crippen LogP contribution in [-0.2, 0) is 33.2 Å². The fourth-order valence-electron chi connectivity index (χ4n) is 6.07. The summed E-state index contributed by atoms with van der Waals surface area (Å²) in [6.45, 7) is -2.29. The molecule has 3 heterocycles. The van der Waals surface area contributed by atoms with E-state index < -0.39 is 129 Å². The summed E-state index contributed by atoms with van der Waals surface area (Å²) in [4.78, 5) is 12.6. The van der Waals surface area contributed by atoms with E-state index in [-0.39, 0.29) is 19.5 Å². The molecule has 0 aromatic heterocycles. The standard InChI is InChI=1S/C27H49F2N7O13/c28-27(29,7-32)22(42)23(43)36-11-3-10(34)19(47-24-9(33)2-1-8(4-30)44-24)21(15(11)38)49-26-18(41)20(13(6-37)46-26)48-25-14(35)17(40)16(39)12(5-31)45-25/h1,9-22,24-26,37-42H,2-7,30-35H2,(H,36,43)/t9-,10+,11-,12+,13-,14-,15+,16-,17-,18-,19-,20-,21-,22-,24-,25-,26+/m1/s1. The van der Waals surface area contributed by atoms with Gasteiger partial charge in [0.05, 0.1) is 37.8 Å². The first kappa shape index (κ1) is 40.0. The zero-order valence-corrected chi connectivity index (χ0v) is 26.4. The number of nitrogens with two attached hydrogens (primary N) is 6. The van der Waals surface area contributed by atoms with Crippen molar-refractivity contribution in [3.63, 3.8) is 0 Å². The number of halogens is 2. The summed E-state index contributed by atoms with van der Waals surface area (Å²) in [6.07, 6.45) is -18.8. The third-order valence-electron chi connectivity index (χ3n) is 9.03. The molecular formula is C27H49F2N7O13. The first-order valence-corrected chi connectivity index (χ1v) is 15.8. The van der Waals surface area contributed by atoms with Gasteiger partial charge in [-0.25, -0.2) is 8.78 Å². The Morgan fingerprint density at radius 3 is 2.14 bits per heavy atom. The van der Waals surface area contributed by atoms with Crippen molar-refractivity contribution < 1.29 is 72.6 Å². The number of ether oxygens (including phenoxy) is 6. The Labute approximate surface area is 279 Å². The molecule has 1 saturated carbocycles. The maximum Gasteiger partial charge on any atom is 0.294 e. The highest BCUT2D eigenvalue weighted by atomic mass is 19.3. The average Bonchev–Trinajstić information content (AvgIpc) is 3.38. The molecule has 20 nitrogen and oxygen atoms in total. The zero-order chi connectivity index (χ0) is 36.4. The van der Waals surface area contributed by atoms with Gasteiger partial charge in [-0.3, -0.25) is 4.79 Å². The van der Waals surface area contributed by atoms with Gasteiger partial charge in [-0.1, -0.05) is 0 Å². The molecule has 4 rings (SSSR count). The van der Waals surface area contributed by atoms with Gasteiger partial charge < -0.3 is 98.8 Å². The number of aliphatic hydroxyl groups is 6. The highest BCUT2D eigenvalue weighted by Gasteiger charge is 2.54. The van der Waals surface area contributed by atoms with Crippen LogP contribution in [0.2, 0.25) is 0 Å². The van der Waals surface area contributed by atoms with Crippen molar-refractivity contribution in [1.82, 2.24) is 5.32 Å². The summed E-state index contributed by atoms with van der Waals surface area (Å²) in [5, 5.41) is 65.3. The van der Waals surface area contributed by atoms with E-state index in [2.05, 4.69) is 5.32 Å². The summed E-state index contributed by atoms with van der Waals surface area (Å²) >= 11 is 0. The minimum absolute atomic E-state index is 0.0120. The number of carbonyl (C=O) groups excluding carboxylic acids is 1. The minimum Gasteiger partial charge on any atom is -0.467 e. The van der Waals surface area contributed by atoms with Crippen molar-refractivity contribution in [2.75, 3.05) is 26.2 Å². The van der Waals surface area contributed by atoms with Crippen molar-refractivity contribution in [3.8, 4) is 0 Å². The van der Waals surface area contributed by atoms with Gasteiger partial charge >= 0.3 is 0 Å². The zero-order valence-electron chi connectivity index (χ0n) is 26.4. The lowest BCUT2D eigenvalue weighted by molar-refractivity contribution is -0.282. The number of hydrogen-bond acceptors (Lipinski definition) is 19. The SMILES string of the molecule is NCC1=CC[C@@H](N)[C@@H](O[C@H]2[C@H](O[C@@H]3O[C@H](CO)[C@@H](O[C@H]4O[C@@H](CN)[C@@H](O)[C@H](O)[C@H]4N)[C@H]3O)[C@@H](O)[C@H](NC(=O)[C@@H](O)C(F)(F)CN)C[C@@H]2N)O1. The Morgan fingerprint density at radius 1 is 0.898 bits per heavy atom. The van der Waals surface area contributed by atoms with Gasteiger partial charge in [0.25, 0.3) is 11.8 Å². The molecule has 0 bridgehead atoms. The minimum atomic E-state index is -3.99. The smallest absolute Gasteiger partial charge is 0.294 e. The molecule has 0 aromatic carbocycles. The monoisotopic (exact) mass is 717 g/mol.